The maximum atomic E-state index is 12.8. The summed E-state index contributed by atoms with van der Waals surface area (Å²) in [7, 11) is 0. The Kier molecular flexibility index (Phi) is 4.49. The molecule has 0 unspecified atom stereocenters. The molecule has 0 atom stereocenters. The monoisotopic (exact) mass is 227 g/mol. The van der Waals surface area contributed by atoms with Crippen molar-refractivity contribution in [2.75, 3.05) is 6.61 Å². The molecule has 0 N–H and O–H groups in total. The fourth-order valence-electron chi connectivity index (χ4n) is 1.05. The third-order valence-electron chi connectivity index (χ3n) is 1.89. The Bertz CT molecular complexity index is 352. The van der Waals surface area contributed by atoms with Crippen LogP contribution in [0.3, 0.4) is 0 Å². The second kappa shape index (κ2) is 5.66. The molecule has 1 radical (unpaired) electrons. The standard InChI is InChI=1S/C11H12FO2S/c1-2-3-6-14-11(13)9-7-8(12)4-5-10(9)15/h4-5,7H,2-3,6H2,1H3. The molecule has 0 aliphatic rings. The lowest BCUT2D eigenvalue weighted by Crippen LogP contribution is -2.07. The maximum absolute atomic E-state index is 12.8. The van der Waals surface area contributed by atoms with Crippen LogP contribution in [-0.4, -0.2) is 12.6 Å². The summed E-state index contributed by atoms with van der Waals surface area (Å²) in [6, 6.07) is 3.73. The van der Waals surface area contributed by atoms with Gasteiger partial charge in [-0.2, -0.15) is 0 Å². The van der Waals surface area contributed by atoms with E-state index in [1.165, 1.54) is 12.1 Å². The zero-order chi connectivity index (χ0) is 11.3. The van der Waals surface area contributed by atoms with Crippen molar-refractivity contribution >= 4 is 18.6 Å². The van der Waals surface area contributed by atoms with Gasteiger partial charge in [0.1, 0.15) is 5.82 Å². The van der Waals surface area contributed by atoms with E-state index in [0.717, 1.165) is 18.9 Å². The van der Waals surface area contributed by atoms with Crippen LogP contribution in [0.1, 0.15) is 30.1 Å². The third kappa shape index (κ3) is 3.47. The van der Waals surface area contributed by atoms with E-state index in [2.05, 4.69) is 0 Å². The molecule has 0 saturated heterocycles. The molecule has 0 aliphatic carbocycles. The number of unbranched alkanes of at least 4 members (excludes halogenated alkanes) is 1. The first-order valence-corrected chi connectivity index (χ1v) is 5.19. The van der Waals surface area contributed by atoms with Gasteiger partial charge in [0.05, 0.1) is 17.1 Å². The van der Waals surface area contributed by atoms with Crippen molar-refractivity contribution < 1.29 is 13.9 Å². The van der Waals surface area contributed by atoms with Gasteiger partial charge in [0, 0.05) is 0 Å². The number of hydrogen-bond donors (Lipinski definition) is 0. The Morgan fingerprint density at radius 1 is 1.53 bits per heavy atom. The van der Waals surface area contributed by atoms with Crippen molar-refractivity contribution in [2.24, 2.45) is 0 Å². The van der Waals surface area contributed by atoms with E-state index in [0.29, 0.717) is 11.5 Å². The predicted molar refractivity (Wildman–Crippen MR) is 57.4 cm³/mol. The molecule has 0 heterocycles. The molecule has 0 spiro atoms. The Balaban J connectivity index is 2.68. The van der Waals surface area contributed by atoms with Gasteiger partial charge in [-0.25, -0.2) is 9.18 Å². The molecule has 2 nitrogen and oxygen atoms in total. The van der Waals surface area contributed by atoms with Crippen LogP contribution < -0.4 is 0 Å². The molecular formula is C11H12FO2S. The SMILES string of the molecule is CCCCOC(=O)c1cc(F)ccc1[S]. The van der Waals surface area contributed by atoms with E-state index >= 15 is 0 Å². The van der Waals surface area contributed by atoms with Gasteiger partial charge in [0.25, 0.3) is 0 Å². The van der Waals surface area contributed by atoms with Crippen molar-refractivity contribution in [1.82, 2.24) is 0 Å². The largest absolute Gasteiger partial charge is 0.462 e. The number of carbonyl (C=O) groups is 1. The number of carbonyl (C=O) groups excluding carboxylic acids is 1. The van der Waals surface area contributed by atoms with Crippen LogP contribution in [0.15, 0.2) is 23.1 Å². The lowest BCUT2D eigenvalue weighted by molar-refractivity contribution is 0.0495. The second-order valence-corrected chi connectivity index (χ2v) is 3.57. The smallest absolute Gasteiger partial charge is 0.339 e. The zero-order valence-corrected chi connectivity index (χ0v) is 9.27. The van der Waals surface area contributed by atoms with Gasteiger partial charge in [-0.3, -0.25) is 0 Å². The molecule has 0 aliphatic heterocycles. The minimum Gasteiger partial charge on any atom is -0.462 e. The fourth-order valence-corrected chi connectivity index (χ4v) is 1.26. The molecule has 0 bridgehead atoms. The average Bonchev–Trinajstić information content (AvgIpc) is 2.22. The fraction of sp³-hybridized carbons (Fsp3) is 0.364. The zero-order valence-electron chi connectivity index (χ0n) is 8.46. The Morgan fingerprint density at radius 2 is 2.27 bits per heavy atom. The lowest BCUT2D eigenvalue weighted by atomic mass is 10.2. The molecule has 1 aromatic rings. The first-order chi connectivity index (χ1) is 7.15. The maximum Gasteiger partial charge on any atom is 0.339 e. The molecule has 4 heteroatoms. The summed E-state index contributed by atoms with van der Waals surface area (Å²) in [5, 5.41) is 0. The number of benzene rings is 1. The van der Waals surface area contributed by atoms with Gasteiger partial charge in [-0.15, -0.1) is 0 Å². The highest BCUT2D eigenvalue weighted by molar-refractivity contribution is 7.80. The summed E-state index contributed by atoms with van der Waals surface area (Å²) < 4.78 is 17.8. The average molecular weight is 227 g/mol. The molecule has 81 valence electrons. The van der Waals surface area contributed by atoms with E-state index in [9.17, 15) is 9.18 Å². The Morgan fingerprint density at radius 3 is 2.93 bits per heavy atom. The second-order valence-electron chi connectivity index (χ2n) is 3.13. The predicted octanol–water partition coefficient (Wildman–Crippen LogP) is 3.34. The van der Waals surface area contributed by atoms with Crippen LogP contribution in [-0.2, 0) is 4.74 Å². The highest BCUT2D eigenvalue weighted by Crippen LogP contribution is 2.16. The van der Waals surface area contributed by atoms with Crippen molar-refractivity contribution in [3.8, 4) is 0 Å². The van der Waals surface area contributed by atoms with E-state index in [1.807, 2.05) is 6.92 Å². The molecule has 0 amide bonds. The van der Waals surface area contributed by atoms with Crippen molar-refractivity contribution in [2.45, 2.75) is 24.7 Å². The molecule has 1 aromatic carbocycles. The summed E-state index contributed by atoms with van der Waals surface area (Å²) in [4.78, 5) is 11.8. The number of ether oxygens (including phenoxy) is 1. The normalized spacial score (nSPS) is 10.0. The van der Waals surface area contributed by atoms with Gasteiger partial charge in [-0.05, 0) is 24.6 Å². The highest BCUT2D eigenvalue weighted by Gasteiger charge is 2.12. The minimum absolute atomic E-state index is 0.126. The van der Waals surface area contributed by atoms with E-state index in [-0.39, 0.29) is 5.56 Å². The van der Waals surface area contributed by atoms with Crippen LogP contribution in [0.5, 0.6) is 0 Å². The highest BCUT2D eigenvalue weighted by atomic mass is 32.1. The summed E-state index contributed by atoms with van der Waals surface area (Å²) in [6.07, 6.45) is 1.74. The number of halogens is 1. The van der Waals surface area contributed by atoms with Gasteiger partial charge in [0.15, 0.2) is 0 Å². The van der Waals surface area contributed by atoms with Crippen LogP contribution in [0.25, 0.3) is 0 Å². The minimum atomic E-state index is -0.548. The molecule has 0 aromatic heterocycles. The Labute approximate surface area is 93.9 Å². The molecular weight excluding hydrogens is 215 g/mol. The summed E-state index contributed by atoms with van der Waals surface area (Å²) in [5.74, 6) is -1.03. The molecule has 15 heavy (non-hydrogen) atoms. The topological polar surface area (TPSA) is 26.3 Å². The van der Waals surface area contributed by atoms with E-state index < -0.39 is 11.8 Å². The van der Waals surface area contributed by atoms with Crippen molar-refractivity contribution in [3.63, 3.8) is 0 Å². The van der Waals surface area contributed by atoms with Gasteiger partial charge >= 0.3 is 5.97 Å². The third-order valence-corrected chi connectivity index (χ3v) is 2.25. The summed E-state index contributed by atoms with van der Waals surface area (Å²) in [5.41, 5.74) is 0.126. The summed E-state index contributed by atoms with van der Waals surface area (Å²) in [6.45, 7) is 2.34. The van der Waals surface area contributed by atoms with Crippen LogP contribution in [0.2, 0.25) is 0 Å². The first kappa shape index (κ1) is 11.9. The number of esters is 1. The Hall–Kier alpha value is -1.16. The summed E-state index contributed by atoms with van der Waals surface area (Å²) >= 11 is 4.90. The molecule has 0 saturated carbocycles. The van der Waals surface area contributed by atoms with Crippen LogP contribution in [0, 0.1) is 5.82 Å². The molecule has 0 fully saturated rings. The van der Waals surface area contributed by atoms with E-state index in [1.54, 1.807) is 0 Å². The van der Waals surface area contributed by atoms with Gasteiger partial charge < -0.3 is 4.74 Å². The molecule has 1 rings (SSSR count). The van der Waals surface area contributed by atoms with Crippen molar-refractivity contribution in [1.29, 1.82) is 0 Å². The van der Waals surface area contributed by atoms with Crippen LogP contribution in [0.4, 0.5) is 4.39 Å². The lowest BCUT2D eigenvalue weighted by Gasteiger charge is -2.05. The van der Waals surface area contributed by atoms with Crippen LogP contribution >= 0.6 is 12.6 Å². The quantitative estimate of drug-likeness (QED) is 0.582. The van der Waals surface area contributed by atoms with Crippen molar-refractivity contribution in [3.05, 3.63) is 29.6 Å². The van der Waals surface area contributed by atoms with Gasteiger partial charge in [-0.1, -0.05) is 26.0 Å². The number of hydrogen-bond acceptors (Lipinski definition) is 2. The first-order valence-electron chi connectivity index (χ1n) is 4.79. The van der Waals surface area contributed by atoms with E-state index in [4.69, 9.17) is 17.4 Å². The van der Waals surface area contributed by atoms with Gasteiger partial charge in [0.2, 0.25) is 0 Å². The number of rotatable bonds is 4.